The van der Waals surface area contributed by atoms with Gasteiger partial charge in [0.05, 0.1) is 6.26 Å². The van der Waals surface area contributed by atoms with Crippen LogP contribution in [0.15, 0.2) is 35.1 Å². The van der Waals surface area contributed by atoms with Gasteiger partial charge in [-0.1, -0.05) is 13.0 Å². The lowest BCUT2D eigenvalue weighted by Gasteiger charge is -2.18. The summed E-state index contributed by atoms with van der Waals surface area (Å²) in [6.45, 7) is 5.11. The Morgan fingerprint density at radius 3 is 2.89 bits per heavy atom. The highest BCUT2D eigenvalue weighted by Gasteiger charge is 2.17. The number of pyridine rings is 1. The van der Waals surface area contributed by atoms with Crippen molar-refractivity contribution >= 4 is 5.82 Å². The molecule has 0 amide bonds. The van der Waals surface area contributed by atoms with E-state index >= 15 is 0 Å². The van der Waals surface area contributed by atoms with Crippen molar-refractivity contribution in [1.29, 1.82) is 0 Å². The first-order valence-electron chi connectivity index (χ1n) is 6.69. The standard InChI is InChI=1S/C15H21N3O/c1-3-7-17-14(13-6-9-19-11(13)2)10-12-5-4-8-18-15(12)16/h4-6,8-9,14,17H,3,7,10H2,1-2H3,(H2,16,18). The van der Waals surface area contributed by atoms with Crippen LogP contribution in [0, 0.1) is 6.92 Å². The summed E-state index contributed by atoms with van der Waals surface area (Å²) in [4.78, 5) is 4.14. The fourth-order valence-corrected chi connectivity index (χ4v) is 2.21. The molecule has 0 saturated heterocycles. The molecule has 0 radical (unpaired) electrons. The van der Waals surface area contributed by atoms with E-state index in [4.69, 9.17) is 10.2 Å². The topological polar surface area (TPSA) is 64.1 Å². The molecule has 2 aromatic rings. The molecule has 3 N–H and O–H groups in total. The fraction of sp³-hybridized carbons (Fsp3) is 0.400. The van der Waals surface area contributed by atoms with Crippen LogP contribution in [0.1, 0.15) is 36.3 Å². The summed E-state index contributed by atoms with van der Waals surface area (Å²) < 4.78 is 5.41. The van der Waals surface area contributed by atoms with Crippen molar-refractivity contribution in [2.24, 2.45) is 0 Å². The van der Waals surface area contributed by atoms with E-state index in [0.717, 1.165) is 30.7 Å². The first-order chi connectivity index (χ1) is 9.22. The molecule has 2 heterocycles. The SMILES string of the molecule is CCCNC(Cc1cccnc1N)c1ccoc1C. The predicted octanol–water partition coefficient (Wildman–Crippen LogP) is 2.85. The van der Waals surface area contributed by atoms with E-state index in [0.29, 0.717) is 5.82 Å². The second-order valence-corrected chi connectivity index (χ2v) is 4.69. The number of nitrogens with one attached hydrogen (secondary N) is 1. The third-order valence-corrected chi connectivity index (χ3v) is 3.27. The zero-order chi connectivity index (χ0) is 13.7. The second kappa shape index (κ2) is 6.38. The van der Waals surface area contributed by atoms with Crippen LogP contribution in [0.5, 0.6) is 0 Å². The number of hydrogen-bond acceptors (Lipinski definition) is 4. The second-order valence-electron chi connectivity index (χ2n) is 4.69. The minimum absolute atomic E-state index is 0.213. The van der Waals surface area contributed by atoms with Gasteiger partial charge in [-0.15, -0.1) is 0 Å². The Morgan fingerprint density at radius 1 is 1.42 bits per heavy atom. The molecular formula is C15H21N3O. The van der Waals surface area contributed by atoms with Crippen LogP contribution >= 0.6 is 0 Å². The molecule has 0 spiro atoms. The number of furan rings is 1. The zero-order valence-corrected chi connectivity index (χ0v) is 11.5. The maximum atomic E-state index is 5.93. The average Bonchev–Trinajstić information content (AvgIpc) is 2.83. The molecule has 0 fully saturated rings. The molecular weight excluding hydrogens is 238 g/mol. The molecule has 19 heavy (non-hydrogen) atoms. The van der Waals surface area contributed by atoms with Crippen molar-refractivity contribution in [2.75, 3.05) is 12.3 Å². The molecule has 4 heteroatoms. The van der Waals surface area contributed by atoms with Gasteiger partial charge in [0.2, 0.25) is 0 Å². The third-order valence-electron chi connectivity index (χ3n) is 3.27. The molecule has 1 unspecified atom stereocenters. The van der Waals surface area contributed by atoms with Gasteiger partial charge in [0.25, 0.3) is 0 Å². The number of aryl methyl sites for hydroxylation is 1. The number of hydrogen-bond donors (Lipinski definition) is 2. The minimum Gasteiger partial charge on any atom is -0.469 e. The van der Waals surface area contributed by atoms with Crippen molar-refractivity contribution in [2.45, 2.75) is 32.7 Å². The Balaban J connectivity index is 2.19. The molecule has 0 saturated carbocycles. The van der Waals surface area contributed by atoms with Crippen molar-refractivity contribution in [3.05, 3.63) is 47.5 Å². The first-order valence-corrected chi connectivity index (χ1v) is 6.69. The molecule has 0 aromatic carbocycles. The van der Waals surface area contributed by atoms with Crippen molar-refractivity contribution in [3.63, 3.8) is 0 Å². The molecule has 1 atom stereocenters. The Kier molecular flexibility index (Phi) is 4.58. The zero-order valence-electron chi connectivity index (χ0n) is 11.5. The van der Waals surface area contributed by atoms with Crippen molar-refractivity contribution in [3.8, 4) is 0 Å². The predicted molar refractivity (Wildman–Crippen MR) is 76.8 cm³/mol. The number of nitrogens with two attached hydrogens (primary N) is 1. The van der Waals surface area contributed by atoms with Crippen molar-refractivity contribution in [1.82, 2.24) is 10.3 Å². The number of nitrogen functional groups attached to an aromatic ring is 1. The summed E-state index contributed by atoms with van der Waals surface area (Å²) >= 11 is 0. The van der Waals surface area contributed by atoms with E-state index < -0.39 is 0 Å². The van der Waals surface area contributed by atoms with Gasteiger partial charge in [0.1, 0.15) is 11.6 Å². The highest BCUT2D eigenvalue weighted by atomic mass is 16.3. The summed E-state index contributed by atoms with van der Waals surface area (Å²) in [5, 5.41) is 3.55. The summed E-state index contributed by atoms with van der Waals surface area (Å²) in [6.07, 6.45) is 5.37. The molecule has 0 bridgehead atoms. The molecule has 2 aromatic heterocycles. The highest BCUT2D eigenvalue weighted by molar-refractivity contribution is 5.40. The van der Waals surface area contributed by atoms with E-state index in [-0.39, 0.29) is 6.04 Å². The van der Waals surface area contributed by atoms with Crippen LogP contribution < -0.4 is 11.1 Å². The van der Waals surface area contributed by atoms with Crippen LogP contribution in [0.25, 0.3) is 0 Å². The molecule has 4 nitrogen and oxygen atoms in total. The molecule has 0 aliphatic carbocycles. The van der Waals surface area contributed by atoms with Gasteiger partial charge in [-0.25, -0.2) is 4.98 Å². The van der Waals surface area contributed by atoms with Gasteiger partial charge in [-0.3, -0.25) is 0 Å². The van der Waals surface area contributed by atoms with Crippen molar-refractivity contribution < 1.29 is 4.42 Å². The molecule has 2 rings (SSSR count). The quantitative estimate of drug-likeness (QED) is 0.837. The Hall–Kier alpha value is -1.81. The molecule has 102 valence electrons. The van der Waals surface area contributed by atoms with Gasteiger partial charge < -0.3 is 15.5 Å². The van der Waals surface area contributed by atoms with Gasteiger partial charge in [0, 0.05) is 17.8 Å². The molecule has 0 aliphatic heterocycles. The van der Waals surface area contributed by atoms with E-state index in [1.807, 2.05) is 25.1 Å². The Labute approximate surface area is 114 Å². The van der Waals surface area contributed by atoms with E-state index in [2.05, 4.69) is 17.2 Å². The normalized spacial score (nSPS) is 12.5. The summed E-state index contributed by atoms with van der Waals surface area (Å²) in [7, 11) is 0. The lowest BCUT2D eigenvalue weighted by atomic mass is 9.99. The Morgan fingerprint density at radius 2 is 2.26 bits per heavy atom. The fourth-order valence-electron chi connectivity index (χ4n) is 2.21. The summed E-state index contributed by atoms with van der Waals surface area (Å²) in [5.41, 5.74) is 8.18. The third kappa shape index (κ3) is 3.35. The van der Waals surface area contributed by atoms with E-state index in [9.17, 15) is 0 Å². The largest absolute Gasteiger partial charge is 0.469 e. The summed E-state index contributed by atoms with van der Waals surface area (Å²) in [6, 6.07) is 6.18. The number of rotatable bonds is 6. The van der Waals surface area contributed by atoms with Gasteiger partial charge in [-0.05, 0) is 44.0 Å². The van der Waals surface area contributed by atoms with E-state index in [1.165, 1.54) is 5.56 Å². The lowest BCUT2D eigenvalue weighted by Crippen LogP contribution is -2.24. The molecule has 0 aliphatic rings. The average molecular weight is 259 g/mol. The number of aromatic nitrogens is 1. The monoisotopic (exact) mass is 259 g/mol. The van der Waals surface area contributed by atoms with Crippen LogP contribution in [-0.2, 0) is 6.42 Å². The first kappa shape index (κ1) is 13.6. The maximum Gasteiger partial charge on any atom is 0.126 e. The summed E-state index contributed by atoms with van der Waals surface area (Å²) in [5.74, 6) is 1.56. The lowest BCUT2D eigenvalue weighted by molar-refractivity contribution is 0.494. The minimum atomic E-state index is 0.213. The highest BCUT2D eigenvalue weighted by Crippen LogP contribution is 2.24. The van der Waals surface area contributed by atoms with Gasteiger partial charge in [-0.2, -0.15) is 0 Å². The maximum absolute atomic E-state index is 5.93. The van der Waals surface area contributed by atoms with Crippen LogP contribution in [0.4, 0.5) is 5.82 Å². The van der Waals surface area contributed by atoms with Crippen LogP contribution in [-0.4, -0.2) is 11.5 Å². The van der Waals surface area contributed by atoms with E-state index in [1.54, 1.807) is 12.5 Å². The van der Waals surface area contributed by atoms with Gasteiger partial charge in [0.15, 0.2) is 0 Å². The van der Waals surface area contributed by atoms with Crippen LogP contribution in [0.2, 0.25) is 0 Å². The number of nitrogens with zero attached hydrogens (tertiary/aromatic N) is 1. The smallest absolute Gasteiger partial charge is 0.126 e. The van der Waals surface area contributed by atoms with Gasteiger partial charge >= 0.3 is 0 Å². The van der Waals surface area contributed by atoms with Crippen LogP contribution in [0.3, 0.4) is 0 Å². The number of anilines is 1. The Bertz CT molecular complexity index is 522.